The van der Waals surface area contributed by atoms with E-state index in [-0.39, 0.29) is 11.6 Å². The first-order valence-corrected chi connectivity index (χ1v) is 5.84. The second-order valence-electron chi connectivity index (χ2n) is 3.39. The van der Waals surface area contributed by atoms with Gasteiger partial charge >= 0.3 is 0 Å². The van der Waals surface area contributed by atoms with Crippen LogP contribution in [-0.4, -0.2) is 32.4 Å². The topological polar surface area (TPSA) is 98.7 Å². The summed E-state index contributed by atoms with van der Waals surface area (Å²) in [5, 5.41) is 10.8. The fourth-order valence-corrected chi connectivity index (χ4v) is 1.88. The van der Waals surface area contributed by atoms with Crippen LogP contribution < -0.4 is 11.1 Å². The second kappa shape index (κ2) is 5.02. The number of nitrogens with zero attached hydrogens (tertiary/aromatic N) is 4. The van der Waals surface area contributed by atoms with Crippen LogP contribution in [0.4, 0.5) is 5.13 Å². The summed E-state index contributed by atoms with van der Waals surface area (Å²) < 4.78 is 1.53. The van der Waals surface area contributed by atoms with Gasteiger partial charge in [0, 0.05) is 17.6 Å². The average molecular weight is 252 g/mol. The molecule has 0 spiro atoms. The Labute approximate surface area is 102 Å². The highest BCUT2D eigenvalue weighted by Gasteiger charge is 2.12. The lowest BCUT2D eigenvalue weighted by Crippen LogP contribution is -2.12. The van der Waals surface area contributed by atoms with Crippen LogP contribution in [0.3, 0.4) is 0 Å². The fourth-order valence-electron chi connectivity index (χ4n) is 1.22. The number of nitrogens with two attached hydrogens (primary N) is 1. The van der Waals surface area contributed by atoms with Crippen LogP contribution in [0.2, 0.25) is 0 Å². The number of hydrogen-bond donors (Lipinski definition) is 2. The van der Waals surface area contributed by atoms with Gasteiger partial charge in [-0.3, -0.25) is 14.8 Å². The van der Waals surface area contributed by atoms with Crippen LogP contribution in [0.25, 0.3) is 0 Å². The van der Waals surface area contributed by atoms with Crippen molar-refractivity contribution in [2.24, 2.45) is 5.73 Å². The highest BCUT2D eigenvalue weighted by molar-refractivity contribution is 7.15. The fraction of sp³-hybridized carbons (Fsp3) is 0.333. The van der Waals surface area contributed by atoms with E-state index in [0.717, 1.165) is 4.88 Å². The van der Waals surface area contributed by atoms with Gasteiger partial charge in [-0.05, 0) is 6.92 Å². The van der Waals surface area contributed by atoms with Crippen molar-refractivity contribution in [3.63, 3.8) is 0 Å². The molecule has 2 aromatic rings. The molecule has 90 valence electrons. The molecule has 0 saturated carbocycles. The Bertz CT molecular complexity index is 519. The summed E-state index contributed by atoms with van der Waals surface area (Å²) in [6.07, 6.45) is 3.26. The first-order valence-electron chi connectivity index (χ1n) is 5.03. The molecule has 0 aliphatic heterocycles. The van der Waals surface area contributed by atoms with Gasteiger partial charge in [-0.25, -0.2) is 4.98 Å². The number of nitrogens with one attached hydrogen (secondary N) is 1. The number of rotatable bonds is 4. The first kappa shape index (κ1) is 11.7. The second-order valence-corrected chi connectivity index (χ2v) is 4.62. The molecule has 2 heterocycles. The van der Waals surface area contributed by atoms with Crippen molar-refractivity contribution in [2.45, 2.75) is 13.5 Å². The monoisotopic (exact) mass is 252 g/mol. The van der Waals surface area contributed by atoms with Gasteiger partial charge in [0.25, 0.3) is 5.91 Å². The molecule has 2 aromatic heterocycles. The molecule has 1 amide bonds. The number of carbonyl (C=O) groups excluding carboxylic acids is 1. The molecule has 0 saturated heterocycles. The number of hydrogen-bond acceptors (Lipinski definition) is 6. The van der Waals surface area contributed by atoms with Crippen molar-refractivity contribution in [3.05, 3.63) is 23.0 Å². The number of amides is 1. The average Bonchev–Trinajstić information content (AvgIpc) is 2.88. The third kappa shape index (κ3) is 2.86. The standard InChI is InChI=1S/C9H12N6OS/c1-6-4-11-9(17-6)12-8(16)7-5-15(3-2-10)14-13-7/h4-5H,2-3,10H2,1H3,(H,11,12,16). The molecule has 0 unspecified atom stereocenters. The number of carbonyl (C=O) groups is 1. The summed E-state index contributed by atoms with van der Waals surface area (Å²) in [6, 6.07) is 0. The van der Waals surface area contributed by atoms with Crippen molar-refractivity contribution >= 4 is 22.4 Å². The molecule has 17 heavy (non-hydrogen) atoms. The lowest BCUT2D eigenvalue weighted by atomic mass is 10.4. The van der Waals surface area contributed by atoms with E-state index in [9.17, 15) is 4.79 Å². The molecular formula is C9H12N6OS. The maximum absolute atomic E-state index is 11.7. The Hall–Kier alpha value is -1.80. The number of aromatic nitrogens is 4. The molecule has 0 atom stereocenters. The molecule has 0 aliphatic carbocycles. The van der Waals surface area contributed by atoms with Crippen LogP contribution in [0, 0.1) is 6.92 Å². The molecular weight excluding hydrogens is 240 g/mol. The van der Waals surface area contributed by atoms with E-state index in [4.69, 9.17) is 5.73 Å². The molecule has 3 N–H and O–H groups in total. The van der Waals surface area contributed by atoms with E-state index >= 15 is 0 Å². The van der Waals surface area contributed by atoms with Crippen molar-refractivity contribution in [1.29, 1.82) is 0 Å². The molecule has 8 heteroatoms. The highest BCUT2D eigenvalue weighted by atomic mass is 32.1. The quantitative estimate of drug-likeness (QED) is 0.813. The number of thiazole rings is 1. The SMILES string of the molecule is Cc1cnc(NC(=O)c2cn(CCN)nn2)s1. The predicted molar refractivity (Wildman–Crippen MR) is 63.9 cm³/mol. The van der Waals surface area contributed by atoms with Crippen molar-refractivity contribution < 1.29 is 4.79 Å². The Morgan fingerprint density at radius 2 is 2.47 bits per heavy atom. The summed E-state index contributed by atoms with van der Waals surface area (Å²) in [5.41, 5.74) is 5.63. The molecule has 2 rings (SSSR count). The van der Waals surface area contributed by atoms with Crippen LogP contribution in [0.1, 0.15) is 15.4 Å². The van der Waals surface area contributed by atoms with Crippen molar-refractivity contribution in [2.75, 3.05) is 11.9 Å². The maximum atomic E-state index is 11.7. The highest BCUT2D eigenvalue weighted by Crippen LogP contribution is 2.16. The molecule has 0 fully saturated rings. The summed E-state index contributed by atoms with van der Waals surface area (Å²) >= 11 is 1.41. The largest absolute Gasteiger partial charge is 0.329 e. The van der Waals surface area contributed by atoms with E-state index < -0.39 is 0 Å². The predicted octanol–water partition coefficient (Wildman–Crippen LogP) is 0.254. The zero-order valence-electron chi connectivity index (χ0n) is 9.25. The van der Waals surface area contributed by atoms with Crippen LogP contribution >= 0.6 is 11.3 Å². The minimum Gasteiger partial charge on any atom is -0.329 e. The lowest BCUT2D eigenvalue weighted by Gasteiger charge is -1.96. The third-order valence-electron chi connectivity index (χ3n) is 1.97. The molecule has 0 radical (unpaired) electrons. The smallest absolute Gasteiger partial charge is 0.279 e. The van der Waals surface area contributed by atoms with E-state index in [2.05, 4.69) is 20.6 Å². The molecule has 7 nitrogen and oxygen atoms in total. The van der Waals surface area contributed by atoms with Gasteiger partial charge in [0.15, 0.2) is 10.8 Å². The van der Waals surface area contributed by atoms with Crippen LogP contribution in [-0.2, 0) is 6.54 Å². The third-order valence-corrected chi connectivity index (χ3v) is 2.80. The number of anilines is 1. The van der Waals surface area contributed by atoms with Crippen molar-refractivity contribution in [3.8, 4) is 0 Å². The Morgan fingerprint density at radius 3 is 3.12 bits per heavy atom. The Kier molecular flexibility index (Phi) is 3.45. The van der Waals surface area contributed by atoms with E-state index in [1.807, 2.05) is 6.92 Å². The van der Waals surface area contributed by atoms with Gasteiger partial charge in [-0.2, -0.15) is 0 Å². The van der Waals surface area contributed by atoms with Gasteiger partial charge in [0.2, 0.25) is 0 Å². The van der Waals surface area contributed by atoms with Crippen LogP contribution in [0.5, 0.6) is 0 Å². The summed E-state index contributed by atoms with van der Waals surface area (Å²) in [5.74, 6) is -0.317. The molecule has 0 aliphatic rings. The van der Waals surface area contributed by atoms with E-state index in [0.29, 0.717) is 18.2 Å². The zero-order valence-corrected chi connectivity index (χ0v) is 10.1. The summed E-state index contributed by atoms with van der Waals surface area (Å²) in [4.78, 5) is 16.8. The first-order chi connectivity index (χ1) is 8.19. The molecule has 0 bridgehead atoms. The molecule has 0 aromatic carbocycles. The summed E-state index contributed by atoms with van der Waals surface area (Å²) in [7, 11) is 0. The minimum absolute atomic E-state index is 0.256. The van der Waals surface area contributed by atoms with Gasteiger partial charge in [-0.1, -0.05) is 5.21 Å². The van der Waals surface area contributed by atoms with E-state index in [1.54, 1.807) is 12.4 Å². The van der Waals surface area contributed by atoms with E-state index in [1.165, 1.54) is 16.0 Å². The van der Waals surface area contributed by atoms with Gasteiger partial charge in [0.1, 0.15) is 0 Å². The van der Waals surface area contributed by atoms with Gasteiger partial charge in [0.05, 0.1) is 12.7 Å². The maximum Gasteiger partial charge on any atom is 0.279 e. The van der Waals surface area contributed by atoms with Gasteiger partial charge < -0.3 is 5.73 Å². The minimum atomic E-state index is -0.317. The Balaban J connectivity index is 2.03. The lowest BCUT2D eigenvalue weighted by molar-refractivity contribution is 0.102. The van der Waals surface area contributed by atoms with Crippen LogP contribution in [0.15, 0.2) is 12.4 Å². The summed E-state index contributed by atoms with van der Waals surface area (Å²) in [6.45, 7) is 2.91. The Morgan fingerprint density at radius 1 is 1.65 bits per heavy atom. The normalized spacial score (nSPS) is 10.5. The van der Waals surface area contributed by atoms with Crippen molar-refractivity contribution in [1.82, 2.24) is 20.0 Å². The zero-order chi connectivity index (χ0) is 12.3. The van der Waals surface area contributed by atoms with Gasteiger partial charge in [-0.15, -0.1) is 16.4 Å². The number of aryl methyl sites for hydroxylation is 1.